The molecule has 1 heterocycles. The highest BCUT2D eigenvalue weighted by Crippen LogP contribution is 2.25. The van der Waals surface area contributed by atoms with E-state index in [1.807, 2.05) is 0 Å². The number of aromatic nitrogens is 1. The van der Waals surface area contributed by atoms with Crippen molar-refractivity contribution in [2.45, 2.75) is 0 Å². The van der Waals surface area contributed by atoms with Gasteiger partial charge in [0, 0.05) is 10.7 Å². The van der Waals surface area contributed by atoms with Crippen molar-refractivity contribution in [3.8, 4) is 11.6 Å². The van der Waals surface area contributed by atoms with Crippen molar-refractivity contribution in [1.29, 1.82) is 0 Å². The van der Waals surface area contributed by atoms with Crippen molar-refractivity contribution in [2.24, 2.45) is 0 Å². The molecule has 2 rings (SSSR count). The van der Waals surface area contributed by atoms with E-state index < -0.39 is 11.6 Å². The zero-order valence-electron chi connectivity index (χ0n) is 7.95. The molecule has 0 unspecified atom stereocenters. The maximum Gasteiger partial charge on any atom is 0.256 e. The van der Waals surface area contributed by atoms with Crippen molar-refractivity contribution in [3.05, 3.63) is 52.6 Å². The third kappa shape index (κ3) is 2.36. The highest BCUT2D eigenvalue weighted by Gasteiger charge is 2.09. The average molecular weight is 286 g/mol. The molecule has 1 aromatic heterocycles. The lowest BCUT2D eigenvalue weighted by molar-refractivity contribution is 0.398. The van der Waals surface area contributed by atoms with Crippen molar-refractivity contribution in [3.63, 3.8) is 0 Å². The zero-order valence-corrected chi connectivity index (χ0v) is 9.54. The number of nitrogens with zero attached hydrogens (tertiary/aromatic N) is 1. The normalized spacial score (nSPS) is 10.2. The second-order valence-electron chi connectivity index (χ2n) is 2.97. The summed E-state index contributed by atoms with van der Waals surface area (Å²) in [7, 11) is 0. The molecule has 0 aliphatic heterocycles. The van der Waals surface area contributed by atoms with Crippen LogP contribution in [0, 0.1) is 11.6 Å². The highest BCUT2D eigenvalue weighted by molar-refractivity contribution is 9.10. The predicted octanol–water partition coefficient (Wildman–Crippen LogP) is 3.91. The maximum atomic E-state index is 13.3. The minimum absolute atomic E-state index is 0.0591. The molecule has 0 N–H and O–H groups in total. The molecule has 82 valence electrons. The molecule has 0 bridgehead atoms. The molecule has 0 spiro atoms. The molecule has 5 heteroatoms. The van der Waals surface area contributed by atoms with Crippen LogP contribution in [0.1, 0.15) is 0 Å². The molecule has 0 saturated heterocycles. The molecule has 0 saturated carbocycles. The summed E-state index contributed by atoms with van der Waals surface area (Å²) < 4.78 is 32.0. The number of pyridine rings is 1. The van der Waals surface area contributed by atoms with Gasteiger partial charge in [-0.15, -0.1) is 0 Å². The van der Waals surface area contributed by atoms with Crippen molar-refractivity contribution >= 4 is 15.9 Å². The Morgan fingerprint density at radius 1 is 1.12 bits per heavy atom. The number of halogens is 3. The van der Waals surface area contributed by atoms with Crippen LogP contribution < -0.4 is 4.74 Å². The van der Waals surface area contributed by atoms with Gasteiger partial charge in [-0.2, -0.15) is 0 Å². The minimum atomic E-state index is -0.655. The first-order valence-corrected chi connectivity index (χ1v) is 5.19. The van der Waals surface area contributed by atoms with E-state index >= 15 is 0 Å². The Kier molecular flexibility index (Phi) is 3.14. The molecule has 0 amide bonds. The first-order chi connectivity index (χ1) is 7.66. The van der Waals surface area contributed by atoms with Crippen molar-refractivity contribution < 1.29 is 13.5 Å². The van der Waals surface area contributed by atoms with Crippen LogP contribution in [0.25, 0.3) is 0 Å². The molecular formula is C11H6BrF2NO. The van der Waals surface area contributed by atoms with E-state index in [4.69, 9.17) is 4.74 Å². The Morgan fingerprint density at radius 3 is 2.56 bits per heavy atom. The summed E-state index contributed by atoms with van der Waals surface area (Å²) in [5.74, 6) is -1.53. The van der Waals surface area contributed by atoms with Crippen LogP contribution in [0.5, 0.6) is 11.6 Å². The van der Waals surface area contributed by atoms with Crippen LogP contribution in [0.3, 0.4) is 0 Å². The van der Waals surface area contributed by atoms with E-state index in [1.165, 1.54) is 30.5 Å². The van der Waals surface area contributed by atoms with Gasteiger partial charge >= 0.3 is 0 Å². The van der Waals surface area contributed by atoms with Crippen LogP contribution in [0.4, 0.5) is 8.78 Å². The molecule has 1 aromatic carbocycles. The summed E-state index contributed by atoms with van der Waals surface area (Å²) in [5.41, 5.74) is 0. The Hall–Kier alpha value is -1.49. The average Bonchev–Trinajstić information content (AvgIpc) is 2.25. The van der Waals surface area contributed by atoms with Crippen LogP contribution in [0.2, 0.25) is 0 Å². The Balaban J connectivity index is 2.31. The van der Waals surface area contributed by atoms with Gasteiger partial charge in [-0.3, -0.25) is 0 Å². The summed E-state index contributed by atoms with van der Waals surface area (Å²) in [6, 6.07) is 6.94. The van der Waals surface area contributed by atoms with Gasteiger partial charge in [0.2, 0.25) is 0 Å². The fourth-order valence-corrected chi connectivity index (χ4v) is 1.41. The number of hydrogen-bond donors (Lipinski definition) is 0. The number of para-hydroxylation sites is 1. The Labute approximate surface area is 99.0 Å². The van der Waals surface area contributed by atoms with Crippen molar-refractivity contribution in [2.75, 3.05) is 0 Å². The minimum Gasteiger partial charge on any atom is -0.433 e. The summed E-state index contributed by atoms with van der Waals surface area (Å²) in [6.07, 6.45) is 1.37. The number of hydrogen-bond acceptors (Lipinski definition) is 2. The lowest BCUT2D eigenvalue weighted by Gasteiger charge is -2.06. The second kappa shape index (κ2) is 4.57. The van der Waals surface area contributed by atoms with Gasteiger partial charge in [0.25, 0.3) is 5.88 Å². The molecule has 0 radical (unpaired) electrons. The van der Waals surface area contributed by atoms with Gasteiger partial charge in [0.15, 0.2) is 17.4 Å². The molecule has 0 atom stereocenters. The third-order valence-electron chi connectivity index (χ3n) is 1.82. The number of benzene rings is 1. The Morgan fingerprint density at radius 2 is 1.88 bits per heavy atom. The first-order valence-electron chi connectivity index (χ1n) is 4.40. The largest absolute Gasteiger partial charge is 0.433 e. The van der Waals surface area contributed by atoms with E-state index in [9.17, 15) is 8.78 Å². The molecular weight excluding hydrogens is 280 g/mol. The van der Waals surface area contributed by atoms with Crippen molar-refractivity contribution in [1.82, 2.24) is 4.98 Å². The summed E-state index contributed by atoms with van der Waals surface area (Å²) >= 11 is 3.06. The summed E-state index contributed by atoms with van der Waals surface area (Å²) in [6.45, 7) is 0. The van der Waals surface area contributed by atoms with Crippen LogP contribution in [-0.2, 0) is 0 Å². The zero-order chi connectivity index (χ0) is 11.5. The SMILES string of the molecule is Fc1ccccc1Oc1ncc(Br)cc1F. The second-order valence-corrected chi connectivity index (χ2v) is 3.89. The molecule has 2 nitrogen and oxygen atoms in total. The van der Waals surface area contributed by atoms with Gasteiger partial charge in [-0.1, -0.05) is 12.1 Å². The van der Waals surface area contributed by atoms with Crippen LogP contribution >= 0.6 is 15.9 Å². The van der Waals surface area contributed by atoms with Gasteiger partial charge < -0.3 is 4.74 Å². The smallest absolute Gasteiger partial charge is 0.256 e. The quantitative estimate of drug-likeness (QED) is 0.835. The maximum absolute atomic E-state index is 13.3. The lowest BCUT2D eigenvalue weighted by atomic mass is 10.3. The molecule has 0 fully saturated rings. The highest BCUT2D eigenvalue weighted by atomic mass is 79.9. The fourth-order valence-electron chi connectivity index (χ4n) is 1.11. The third-order valence-corrected chi connectivity index (χ3v) is 2.25. The van der Waals surface area contributed by atoms with E-state index in [-0.39, 0.29) is 11.6 Å². The van der Waals surface area contributed by atoms with E-state index in [1.54, 1.807) is 6.07 Å². The van der Waals surface area contributed by atoms with E-state index in [2.05, 4.69) is 20.9 Å². The number of ether oxygens (including phenoxy) is 1. The van der Waals surface area contributed by atoms with Gasteiger partial charge in [-0.25, -0.2) is 13.8 Å². The van der Waals surface area contributed by atoms with Gasteiger partial charge in [0.1, 0.15) is 0 Å². The van der Waals surface area contributed by atoms with Crippen LogP contribution in [0.15, 0.2) is 41.0 Å². The van der Waals surface area contributed by atoms with Crippen LogP contribution in [-0.4, -0.2) is 4.98 Å². The predicted molar refractivity (Wildman–Crippen MR) is 58.4 cm³/mol. The summed E-state index contributed by atoms with van der Waals surface area (Å²) in [5, 5.41) is 0. The van der Waals surface area contributed by atoms with E-state index in [0.29, 0.717) is 4.47 Å². The molecule has 0 aliphatic rings. The lowest BCUT2D eigenvalue weighted by Crippen LogP contribution is -1.93. The Bertz CT molecular complexity index is 519. The van der Waals surface area contributed by atoms with Gasteiger partial charge in [0.05, 0.1) is 0 Å². The van der Waals surface area contributed by atoms with E-state index in [0.717, 1.165) is 0 Å². The summed E-state index contributed by atoms with van der Waals surface area (Å²) in [4.78, 5) is 3.70. The monoisotopic (exact) mass is 285 g/mol. The van der Waals surface area contributed by atoms with Gasteiger partial charge in [-0.05, 0) is 34.1 Å². The molecule has 0 aliphatic carbocycles. The molecule has 2 aromatic rings. The molecule has 16 heavy (non-hydrogen) atoms. The first kappa shape index (κ1) is 11.0. The topological polar surface area (TPSA) is 22.1 Å². The number of rotatable bonds is 2. The standard InChI is InChI=1S/C11H6BrF2NO/c12-7-5-9(14)11(15-6-7)16-10-4-2-1-3-8(10)13/h1-6H. The fraction of sp³-hybridized carbons (Fsp3) is 0.